The first-order valence-electron chi connectivity index (χ1n) is 6.74. The van der Waals surface area contributed by atoms with Crippen LogP contribution in [-0.4, -0.2) is 39.7 Å². The Hall–Kier alpha value is -2.15. The Kier molecular flexibility index (Phi) is 4.89. The fourth-order valence-corrected chi connectivity index (χ4v) is 1.86. The molecule has 0 aromatic carbocycles. The summed E-state index contributed by atoms with van der Waals surface area (Å²) in [5.41, 5.74) is 0.231. The van der Waals surface area contributed by atoms with E-state index >= 15 is 0 Å². The Labute approximate surface area is 116 Å². The zero-order valence-electron chi connectivity index (χ0n) is 11.5. The van der Waals surface area contributed by atoms with Crippen LogP contribution in [-0.2, 0) is 11.3 Å². The molecule has 2 aromatic rings. The highest BCUT2D eigenvalue weighted by molar-refractivity contribution is 5.75. The normalized spacial score (nSPS) is 10.8. The molecule has 0 radical (unpaired) electrons. The lowest BCUT2D eigenvalue weighted by molar-refractivity contribution is -0.121. The van der Waals surface area contributed by atoms with Gasteiger partial charge in [0, 0.05) is 19.3 Å². The SMILES string of the molecule is CCCNCCNC(=O)Cn1nc2ccccn2c1=O. The second-order valence-corrected chi connectivity index (χ2v) is 4.47. The lowest BCUT2D eigenvalue weighted by Gasteiger charge is -2.05. The number of fused-ring (bicyclic) bond motifs is 1. The maximum absolute atomic E-state index is 12.0. The number of aromatic nitrogens is 3. The molecule has 0 spiro atoms. The summed E-state index contributed by atoms with van der Waals surface area (Å²) in [5, 5.41) is 10.0. The Morgan fingerprint density at radius 2 is 2.15 bits per heavy atom. The molecule has 2 aromatic heterocycles. The predicted molar refractivity (Wildman–Crippen MR) is 75.6 cm³/mol. The summed E-state index contributed by atoms with van der Waals surface area (Å²) in [4.78, 5) is 23.7. The molecular formula is C13H19N5O2. The van der Waals surface area contributed by atoms with Gasteiger partial charge in [0.1, 0.15) is 6.54 Å². The van der Waals surface area contributed by atoms with Gasteiger partial charge >= 0.3 is 5.69 Å². The minimum atomic E-state index is -0.306. The Morgan fingerprint density at radius 3 is 2.90 bits per heavy atom. The molecule has 0 aliphatic rings. The van der Waals surface area contributed by atoms with E-state index in [1.165, 1.54) is 9.08 Å². The third-order valence-electron chi connectivity index (χ3n) is 2.83. The molecule has 2 heterocycles. The summed E-state index contributed by atoms with van der Waals surface area (Å²) in [6.45, 7) is 4.22. The van der Waals surface area contributed by atoms with Crippen LogP contribution in [0.2, 0.25) is 0 Å². The van der Waals surface area contributed by atoms with Crippen molar-refractivity contribution in [3.63, 3.8) is 0 Å². The van der Waals surface area contributed by atoms with Crippen molar-refractivity contribution in [3.05, 3.63) is 34.9 Å². The van der Waals surface area contributed by atoms with Crippen LogP contribution in [0.15, 0.2) is 29.2 Å². The maximum Gasteiger partial charge on any atom is 0.350 e. The van der Waals surface area contributed by atoms with Crippen LogP contribution >= 0.6 is 0 Å². The van der Waals surface area contributed by atoms with E-state index < -0.39 is 0 Å². The zero-order valence-corrected chi connectivity index (χ0v) is 11.5. The van der Waals surface area contributed by atoms with E-state index in [1.54, 1.807) is 24.4 Å². The summed E-state index contributed by atoms with van der Waals surface area (Å²) < 4.78 is 2.58. The van der Waals surface area contributed by atoms with Crippen molar-refractivity contribution in [2.45, 2.75) is 19.9 Å². The van der Waals surface area contributed by atoms with Crippen LogP contribution in [0.4, 0.5) is 0 Å². The smallest absolute Gasteiger partial charge is 0.350 e. The van der Waals surface area contributed by atoms with E-state index in [9.17, 15) is 9.59 Å². The fraction of sp³-hybridized carbons (Fsp3) is 0.462. The van der Waals surface area contributed by atoms with Gasteiger partial charge in [-0.3, -0.25) is 9.20 Å². The Morgan fingerprint density at radius 1 is 1.30 bits per heavy atom. The van der Waals surface area contributed by atoms with E-state index in [-0.39, 0.29) is 18.1 Å². The van der Waals surface area contributed by atoms with Gasteiger partial charge in [0.15, 0.2) is 5.65 Å². The van der Waals surface area contributed by atoms with Gasteiger partial charge in [-0.2, -0.15) is 0 Å². The standard InChI is InChI=1S/C13H19N5O2/c1-2-6-14-7-8-15-12(19)10-18-13(20)17-9-4-3-5-11(17)16-18/h3-5,9,14H,2,6-8,10H2,1H3,(H,15,19). The van der Waals surface area contributed by atoms with Crippen LogP contribution in [0, 0.1) is 0 Å². The highest BCUT2D eigenvalue weighted by Crippen LogP contribution is 1.94. The van der Waals surface area contributed by atoms with Crippen LogP contribution in [0.3, 0.4) is 0 Å². The molecule has 1 amide bonds. The lowest BCUT2D eigenvalue weighted by Crippen LogP contribution is -2.36. The van der Waals surface area contributed by atoms with Crippen molar-refractivity contribution in [2.75, 3.05) is 19.6 Å². The molecule has 7 heteroatoms. The number of hydrogen-bond acceptors (Lipinski definition) is 4. The number of amides is 1. The molecule has 0 unspecified atom stereocenters. The minimum absolute atomic E-state index is 0.0612. The van der Waals surface area contributed by atoms with Crippen LogP contribution in [0.5, 0.6) is 0 Å². The average Bonchev–Trinajstić information content (AvgIpc) is 2.76. The summed E-state index contributed by atoms with van der Waals surface area (Å²) in [7, 11) is 0. The van der Waals surface area contributed by atoms with E-state index in [4.69, 9.17) is 0 Å². The van der Waals surface area contributed by atoms with Gasteiger partial charge in [-0.15, -0.1) is 5.10 Å². The summed E-state index contributed by atoms with van der Waals surface area (Å²) in [5.74, 6) is -0.214. The van der Waals surface area contributed by atoms with E-state index in [1.807, 2.05) is 0 Å². The number of hydrogen-bond donors (Lipinski definition) is 2. The number of rotatable bonds is 7. The first-order chi connectivity index (χ1) is 9.72. The summed E-state index contributed by atoms with van der Waals surface area (Å²) in [6.07, 6.45) is 2.69. The third-order valence-corrected chi connectivity index (χ3v) is 2.83. The minimum Gasteiger partial charge on any atom is -0.353 e. The van der Waals surface area contributed by atoms with Crippen LogP contribution in [0.1, 0.15) is 13.3 Å². The number of carbonyl (C=O) groups is 1. The van der Waals surface area contributed by atoms with Gasteiger partial charge in [-0.1, -0.05) is 13.0 Å². The summed E-state index contributed by atoms with van der Waals surface area (Å²) in [6, 6.07) is 5.27. The number of carbonyl (C=O) groups excluding carboxylic acids is 1. The van der Waals surface area contributed by atoms with Gasteiger partial charge in [-0.25, -0.2) is 9.48 Å². The number of pyridine rings is 1. The quantitative estimate of drug-likeness (QED) is 0.676. The molecule has 0 saturated carbocycles. The maximum atomic E-state index is 12.0. The van der Waals surface area contributed by atoms with Gasteiger partial charge in [0.25, 0.3) is 0 Å². The Bertz CT molecular complexity index is 631. The van der Waals surface area contributed by atoms with E-state index in [0.717, 1.165) is 19.5 Å². The largest absolute Gasteiger partial charge is 0.353 e. The molecule has 0 fully saturated rings. The average molecular weight is 277 g/mol. The first kappa shape index (κ1) is 14.3. The highest BCUT2D eigenvalue weighted by Gasteiger charge is 2.09. The van der Waals surface area contributed by atoms with Gasteiger partial charge in [-0.05, 0) is 25.1 Å². The van der Waals surface area contributed by atoms with Crippen molar-refractivity contribution in [1.82, 2.24) is 24.8 Å². The molecule has 108 valence electrons. The van der Waals surface area contributed by atoms with Crippen molar-refractivity contribution < 1.29 is 4.79 Å². The van der Waals surface area contributed by atoms with Crippen molar-refractivity contribution in [1.29, 1.82) is 0 Å². The molecule has 0 aliphatic heterocycles. The van der Waals surface area contributed by atoms with Crippen molar-refractivity contribution in [2.24, 2.45) is 0 Å². The van der Waals surface area contributed by atoms with Crippen LogP contribution in [0.25, 0.3) is 5.65 Å². The second kappa shape index (κ2) is 6.85. The van der Waals surface area contributed by atoms with Crippen molar-refractivity contribution >= 4 is 11.6 Å². The molecule has 2 rings (SSSR count). The molecule has 0 aliphatic carbocycles. The molecule has 20 heavy (non-hydrogen) atoms. The fourth-order valence-electron chi connectivity index (χ4n) is 1.86. The van der Waals surface area contributed by atoms with Crippen molar-refractivity contribution in [3.8, 4) is 0 Å². The number of nitrogens with one attached hydrogen (secondary N) is 2. The molecular weight excluding hydrogens is 258 g/mol. The van der Waals surface area contributed by atoms with E-state index in [0.29, 0.717) is 12.2 Å². The van der Waals surface area contributed by atoms with Gasteiger partial charge in [0.2, 0.25) is 5.91 Å². The first-order valence-corrected chi connectivity index (χ1v) is 6.74. The second-order valence-electron chi connectivity index (χ2n) is 4.47. The molecule has 0 bridgehead atoms. The zero-order chi connectivity index (χ0) is 14.4. The highest BCUT2D eigenvalue weighted by atomic mass is 16.2. The third kappa shape index (κ3) is 3.45. The van der Waals surface area contributed by atoms with Gasteiger partial charge in [0.05, 0.1) is 0 Å². The lowest BCUT2D eigenvalue weighted by atomic mass is 10.4. The Balaban J connectivity index is 1.90. The molecule has 0 atom stereocenters. The van der Waals surface area contributed by atoms with Gasteiger partial charge < -0.3 is 10.6 Å². The molecule has 0 saturated heterocycles. The summed E-state index contributed by atoms with van der Waals surface area (Å²) >= 11 is 0. The molecule has 2 N–H and O–H groups in total. The molecule has 7 nitrogen and oxygen atoms in total. The topological polar surface area (TPSA) is 80.4 Å². The monoisotopic (exact) mass is 277 g/mol. The van der Waals surface area contributed by atoms with E-state index in [2.05, 4.69) is 22.7 Å². The van der Waals surface area contributed by atoms with Crippen LogP contribution < -0.4 is 16.3 Å². The predicted octanol–water partition coefficient (Wildman–Crippen LogP) is -0.388. The number of nitrogens with zero attached hydrogens (tertiary/aromatic N) is 3.